The van der Waals surface area contributed by atoms with Gasteiger partial charge >= 0.3 is 0 Å². The Morgan fingerprint density at radius 1 is 1.31 bits per heavy atom. The highest BCUT2D eigenvalue weighted by atomic mass is 16.5. The molecule has 2 N–H and O–H groups in total. The van der Waals surface area contributed by atoms with E-state index in [1.165, 1.54) is 0 Å². The van der Waals surface area contributed by atoms with Crippen LogP contribution in [0.4, 0.5) is 0 Å². The van der Waals surface area contributed by atoms with Gasteiger partial charge in [-0.15, -0.1) is 0 Å². The molecule has 134 valence electrons. The maximum Gasteiger partial charge on any atom is 0.290 e. The number of nitrogens with one attached hydrogen (secondary N) is 1. The Labute approximate surface area is 150 Å². The van der Waals surface area contributed by atoms with Crippen LogP contribution in [0.1, 0.15) is 34.7 Å². The summed E-state index contributed by atoms with van der Waals surface area (Å²) in [6.45, 7) is 1.86. The maximum absolute atomic E-state index is 12.5. The van der Waals surface area contributed by atoms with Crippen molar-refractivity contribution in [2.45, 2.75) is 19.6 Å². The van der Waals surface area contributed by atoms with Crippen LogP contribution in [-0.4, -0.2) is 28.3 Å². The zero-order valence-corrected chi connectivity index (χ0v) is 14.5. The largest absolute Gasteiger partial charge is 0.497 e. The SMILES string of the molecule is COc1ccc(-c2noc(C(=O)NCc3cccnc3)c2[C@H](C)O)cc1. The van der Waals surface area contributed by atoms with Crippen molar-refractivity contribution < 1.29 is 19.2 Å². The molecule has 2 heterocycles. The predicted molar refractivity (Wildman–Crippen MR) is 94.5 cm³/mol. The van der Waals surface area contributed by atoms with Crippen molar-refractivity contribution >= 4 is 5.91 Å². The molecule has 3 rings (SSSR count). The third-order valence-electron chi connectivity index (χ3n) is 3.89. The number of hydrogen-bond donors (Lipinski definition) is 2. The Hall–Kier alpha value is -3.19. The third kappa shape index (κ3) is 3.73. The fourth-order valence-electron chi connectivity index (χ4n) is 2.57. The van der Waals surface area contributed by atoms with Crippen LogP contribution in [0.2, 0.25) is 0 Å². The number of methoxy groups -OCH3 is 1. The molecule has 0 unspecified atom stereocenters. The number of pyridine rings is 1. The zero-order chi connectivity index (χ0) is 18.5. The number of nitrogens with zero attached hydrogens (tertiary/aromatic N) is 2. The lowest BCUT2D eigenvalue weighted by Gasteiger charge is -2.08. The number of aliphatic hydroxyl groups is 1. The molecule has 0 radical (unpaired) electrons. The lowest BCUT2D eigenvalue weighted by molar-refractivity contribution is 0.0905. The van der Waals surface area contributed by atoms with Gasteiger partial charge in [-0.05, 0) is 42.8 Å². The standard InChI is InChI=1S/C19H19N3O4/c1-12(23)16-17(14-5-7-15(25-2)8-6-14)22-26-18(16)19(24)21-11-13-4-3-9-20-10-13/h3-10,12,23H,11H2,1-2H3,(H,21,24)/t12-/m0/s1. The van der Waals surface area contributed by atoms with Gasteiger partial charge in [-0.1, -0.05) is 11.2 Å². The summed E-state index contributed by atoms with van der Waals surface area (Å²) in [6, 6.07) is 10.8. The highest BCUT2D eigenvalue weighted by Gasteiger charge is 2.26. The molecule has 0 saturated carbocycles. The van der Waals surface area contributed by atoms with Crippen LogP contribution in [0.3, 0.4) is 0 Å². The number of ether oxygens (including phenoxy) is 1. The topological polar surface area (TPSA) is 97.5 Å². The number of benzene rings is 1. The van der Waals surface area contributed by atoms with Gasteiger partial charge in [0.05, 0.1) is 18.8 Å². The van der Waals surface area contributed by atoms with Crippen molar-refractivity contribution in [2.24, 2.45) is 0 Å². The Morgan fingerprint density at radius 3 is 2.69 bits per heavy atom. The molecule has 0 aliphatic rings. The van der Waals surface area contributed by atoms with E-state index < -0.39 is 12.0 Å². The number of aromatic nitrogens is 2. The van der Waals surface area contributed by atoms with E-state index in [2.05, 4.69) is 15.5 Å². The van der Waals surface area contributed by atoms with Crippen LogP contribution < -0.4 is 10.1 Å². The van der Waals surface area contributed by atoms with Gasteiger partial charge < -0.3 is 19.7 Å². The molecule has 0 aliphatic heterocycles. The number of carbonyl (C=O) groups is 1. The van der Waals surface area contributed by atoms with Gasteiger partial charge in [-0.3, -0.25) is 9.78 Å². The number of aliphatic hydroxyl groups excluding tert-OH is 1. The minimum absolute atomic E-state index is 0.00490. The molecule has 1 aromatic carbocycles. The van der Waals surface area contributed by atoms with E-state index in [-0.39, 0.29) is 5.76 Å². The molecule has 0 saturated heterocycles. The minimum atomic E-state index is -0.919. The van der Waals surface area contributed by atoms with E-state index in [4.69, 9.17) is 9.26 Å². The smallest absolute Gasteiger partial charge is 0.290 e. The minimum Gasteiger partial charge on any atom is -0.497 e. The van der Waals surface area contributed by atoms with E-state index in [9.17, 15) is 9.90 Å². The van der Waals surface area contributed by atoms with Crippen LogP contribution in [0.5, 0.6) is 5.75 Å². The molecule has 0 bridgehead atoms. The molecule has 0 fully saturated rings. The second-order valence-electron chi connectivity index (χ2n) is 5.72. The second-order valence-corrected chi connectivity index (χ2v) is 5.72. The van der Waals surface area contributed by atoms with Gasteiger partial charge in [0.15, 0.2) is 0 Å². The summed E-state index contributed by atoms with van der Waals surface area (Å²) in [5.41, 5.74) is 2.35. The van der Waals surface area contributed by atoms with Crippen LogP contribution in [-0.2, 0) is 6.54 Å². The Bertz CT molecular complexity index is 874. The Balaban J connectivity index is 1.85. The molecule has 26 heavy (non-hydrogen) atoms. The summed E-state index contributed by atoms with van der Waals surface area (Å²) < 4.78 is 10.4. The predicted octanol–water partition coefficient (Wildman–Crippen LogP) is 2.73. The molecule has 0 aliphatic carbocycles. The first-order valence-corrected chi connectivity index (χ1v) is 8.09. The average Bonchev–Trinajstić information content (AvgIpc) is 3.12. The van der Waals surface area contributed by atoms with E-state index in [1.807, 2.05) is 6.07 Å². The molecule has 7 heteroatoms. The number of hydrogen-bond acceptors (Lipinski definition) is 6. The van der Waals surface area contributed by atoms with E-state index in [0.717, 1.165) is 11.1 Å². The molecule has 1 atom stereocenters. The first-order chi connectivity index (χ1) is 12.6. The van der Waals surface area contributed by atoms with Gasteiger partial charge in [-0.25, -0.2) is 0 Å². The molecule has 3 aromatic rings. The van der Waals surface area contributed by atoms with Gasteiger partial charge in [0.2, 0.25) is 5.76 Å². The number of amides is 1. The van der Waals surface area contributed by atoms with Crippen molar-refractivity contribution in [3.8, 4) is 17.0 Å². The summed E-state index contributed by atoms with van der Waals surface area (Å²) in [6.07, 6.45) is 2.41. The van der Waals surface area contributed by atoms with Crippen LogP contribution in [0, 0.1) is 0 Å². The van der Waals surface area contributed by atoms with Gasteiger partial charge in [0, 0.05) is 24.5 Å². The van der Waals surface area contributed by atoms with Crippen molar-refractivity contribution in [3.05, 3.63) is 65.7 Å². The summed E-state index contributed by atoms with van der Waals surface area (Å²) in [7, 11) is 1.58. The molecule has 7 nitrogen and oxygen atoms in total. The Kier molecular flexibility index (Phi) is 5.28. The van der Waals surface area contributed by atoms with Crippen LogP contribution in [0.25, 0.3) is 11.3 Å². The van der Waals surface area contributed by atoms with Crippen molar-refractivity contribution in [3.63, 3.8) is 0 Å². The summed E-state index contributed by atoms with van der Waals surface area (Å²) in [5, 5.41) is 16.9. The van der Waals surface area contributed by atoms with Crippen molar-refractivity contribution in [2.75, 3.05) is 7.11 Å². The molecular formula is C19H19N3O4. The fraction of sp³-hybridized carbons (Fsp3) is 0.211. The third-order valence-corrected chi connectivity index (χ3v) is 3.89. The van der Waals surface area contributed by atoms with Gasteiger partial charge in [0.25, 0.3) is 5.91 Å². The van der Waals surface area contributed by atoms with E-state index in [0.29, 0.717) is 23.6 Å². The molecule has 1 amide bonds. The molecule has 0 spiro atoms. The maximum atomic E-state index is 12.5. The zero-order valence-electron chi connectivity index (χ0n) is 14.5. The first-order valence-electron chi connectivity index (χ1n) is 8.09. The quantitative estimate of drug-likeness (QED) is 0.707. The highest BCUT2D eigenvalue weighted by Crippen LogP contribution is 2.31. The van der Waals surface area contributed by atoms with E-state index in [1.54, 1.807) is 56.8 Å². The fourth-order valence-corrected chi connectivity index (χ4v) is 2.57. The van der Waals surface area contributed by atoms with Crippen LogP contribution >= 0.6 is 0 Å². The summed E-state index contributed by atoms with van der Waals surface area (Å²) in [4.78, 5) is 16.5. The van der Waals surface area contributed by atoms with Gasteiger partial charge in [0.1, 0.15) is 11.4 Å². The average molecular weight is 353 g/mol. The van der Waals surface area contributed by atoms with Gasteiger partial charge in [-0.2, -0.15) is 0 Å². The summed E-state index contributed by atoms with van der Waals surface area (Å²) >= 11 is 0. The normalized spacial score (nSPS) is 11.8. The monoisotopic (exact) mass is 353 g/mol. The highest BCUT2D eigenvalue weighted by molar-refractivity contribution is 5.94. The number of rotatable bonds is 6. The molecule has 2 aromatic heterocycles. The lowest BCUT2D eigenvalue weighted by atomic mass is 10.0. The first kappa shape index (κ1) is 17.6. The lowest BCUT2D eigenvalue weighted by Crippen LogP contribution is -2.23. The van der Waals surface area contributed by atoms with Crippen molar-refractivity contribution in [1.82, 2.24) is 15.5 Å². The van der Waals surface area contributed by atoms with Crippen LogP contribution in [0.15, 0.2) is 53.3 Å². The van der Waals surface area contributed by atoms with E-state index >= 15 is 0 Å². The molecular weight excluding hydrogens is 334 g/mol. The summed E-state index contributed by atoms with van der Waals surface area (Å²) in [5.74, 6) is 0.247. The van der Waals surface area contributed by atoms with Crippen molar-refractivity contribution in [1.29, 1.82) is 0 Å². The Morgan fingerprint density at radius 2 is 2.08 bits per heavy atom. The number of carbonyl (C=O) groups excluding carboxylic acids is 1. The second kappa shape index (κ2) is 7.79.